The maximum atomic E-state index is 5.47. The van der Waals surface area contributed by atoms with Gasteiger partial charge in [0.2, 0.25) is 0 Å². The predicted molar refractivity (Wildman–Crippen MR) is 75.5 cm³/mol. The molecule has 2 rings (SSSR count). The Kier molecular flexibility index (Phi) is 5.30. The lowest BCUT2D eigenvalue weighted by Gasteiger charge is -2.21. The van der Waals surface area contributed by atoms with Gasteiger partial charge in [0.25, 0.3) is 0 Å². The molecule has 3 atom stereocenters. The van der Waals surface area contributed by atoms with Gasteiger partial charge in [-0.25, -0.2) is 0 Å². The van der Waals surface area contributed by atoms with Gasteiger partial charge in [-0.3, -0.25) is 0 Å². The normalized spacial score (nSPS) is 26.8. The molecule has 1 aromatic rings. The lowest BCUT2D eigenvalue weighted by molar-refractivity contribution is 0.359. The molecule has 1 N–H and O–H groups in total. The Morgan fingerprint density at radius 3 is 2.94 bits per heavy atom. The van der Waals surface area contributed by atoms with E-state index in [0.717, 1.165) is 11.7 Å². The smallest absolute Gasteiger partial charge is 0.120 e. The van der Waals surface area contributed by atoms with Crippen molar-refractivity contribution in [2.75, 3.05) is 0 Å². The van der Waals surface area contributed by atoms with E-state index in [0.29, 0.717) is 12.1 Å². The van der Waals surface area contributed by atoms with E-state index in [9.17, 15) is 0 Å². The highest BCUT2D eigenvalue weighted by Crippen LogP contribution is 2.28. The van der Waals surface area contributed by atoms with Gasteiger partial charge < -0.3 is 9.73 Å². The highest BCUT2D eigenvalue weighted by molar-refractivity contribution is 5.03. The second kappa shape index (κ2) is 6.98. The van der Waals surface area contributed by atoms with Gasteiger partial charge in [-0.05, 0) is 44.2 Å². The van der Waals surface area contributed by atoms with E-state index in [1.165, 1.54) is 44.9 Å². The summed E-state index contributed by atoms with van der Waals surface area (Å²) >= 11 is 0. The summed E-state index contributed by atoms with van der Waals surface area (Å²) in [6.45, 7) is 4.51. The zero-order valence-electron chi connectivity index (χ0n) is 11.8. The van der Waals surface area contributed by atoms with E-state index in [2.05, 4.69) is 25.2 Å². The molecule has 0 aliphatic heterocycles. The highest BCUT2D eigenvalue weighted by Gasteiger charge is 2.20. The van der Waals surface area contributed by atoms with Crippen LogP contribution in [-0.2, 0) is 0 Å². The van der Waals surface area contributed by atoms with Crippen molar-refractivity contribution in [1.29, 1.82) is 0 Å². The predicted octanol–water partition coefficient (Wildman–Crippen LogP) is 4.68. The molecule has 0 saturated heterocycles. The van der Waals surface area contributed by atoms with Gasteiger partial charge in [0, 0.05) is 6.04 Å². The summed E-state index contributed by atoms with van der Waals surface area (Å²) in [4.78, 5) is 0. The van der Waals surface area contributed by atoms with Crippen LogP contribution in [0.3, 0.4) is 0 Å². The topological polar surface area (TPSA) is 25.2 Å². The zero-order valence-corrected chi connectivity index (χ0v) is 11.8. The molecule has 1 saturated carbocycles. The molecule has 2 heteroatoms. The fourth-order valence-electron chi connectivity index (χ4n) is 3.22. The Morgan fingerprint density at radius 1 is 1.33 bits per heavy atom. The number of hydrogen-bond donors (Lipinski definition) is 1. The van der Waals surface area contributed by atoms with Crippen molar-refractivity contribution in [3.63, 3.8) is 0 Å². The summed E-state index contributed by atoms with van der Waals surface area (Å²) in [5.74, 6) is 2.03. The SMILES string of the molecule is CCCC1CCCC(N[C@@H](C)c2ccco2)CC1. The van der Waals surface area contributed by atoms with E-state index >= 15 is 0 Å². The molecule has 102 valence electrons. The summed E-state index contributed by atoms with van der Waals surface area (Å²) in [6.07, 6.45) is 11.4. The molecule has 2 unspecified atom stereocenters. The molecule has 1 aliphatic rings. The second-order valence-corrected chi connectivity index (χ2v) is 5.76. The monoisotopic (exact) mass is 249 g/mol. The van der Waals surface area contributed by atoms with Crippen molar-refractivity contribution in [3.8, 4) is 0 Å². The average molecular weight is 249 g/mol. The van der Waals surface area contributed by atoms with Gasteiger partial charge in [0.15, 0.2) is 0 Å². The lowest BCUT2D eigenvalue weighted by Crippen LogP contribution is -2.30. The first-order chi connectivity index (χ1) is 8.79. The van der Waals surface area contributed by atoms with Crippen LogP contribution in [0.15, 0.2) is 22.8 Å². The second-order valence-electron chi connectivity index (χ2n) is 5.76. The maximum absolute atomic E-state index is 5.47. The van der Waals surface area contributed by atoms with E-state index in [4.69, 9.17) is 4.42 Å². The third kappa shape index (κ3) is 3.88. The van der Waals surface area contributed by atoms with Crippen molar-refractivity contribution >= 4 is 0 Å². The van der Waals surface area contributed by atoms with Crippen LogP contribution < -0.4 is 5.32 Å². The van der Waals surface area contributed by atoms with Gasteiger partial charge in [0.1, 0.15) is 5.76 Å². The summed E-state index contributed by atoms with van der Waals surface area (Å²) < 4.78 is 5.47. The maximum Gasteiger partial charge on any atom is 0.120 e. The molecule has 1 fully saturated rings. The highest BCUT2D eigenvalue weighted by atomic mass is 16.3. The molecular weight excluding hydrogens is 222 g/mol. The first kappa shape index (κ1) is 13.7. The van der Waals surface area contributed by atoms with Crippen LogP contribution in [0.1, 0.15) is 70.6 Å². The van der Waals surface area contributed by atoms with Crippen LogP contribution >= 0.6 is 0 Å². The summed E-state index contributed by atoms with van der Waals surface area (Å²) in [6, 6.07) is 5.05. The van der Waals surface area contributed by atoms with Gasteiger partial charge in [0.05, 0.1) is 12.3 Å². The minimum atomic E-state index is 0.340. The van der Waals surface area contributed by atoms with Crippen LogP contribution in [0.25, 0.3) is 0 Å². The van der Waals surface area contributed by atoms with Crippen molar-refractivity contribution in [2.45, 2.75) is 70.9 Å². The molecule has 18 heavy (non-hydrogen) atoms. The van der Waals surface area contributed by atoms with Gasteiger partial charge in [-0.15, -0.1) is 0 Å². The Bertz CT molecular complexity index is 320. The fourth-order valence-corrected chi connectivity index (χ4v) is 3.22. The molecule has 0 radical (unpaired) electrons. The van der Waals surface area contributed by atoms with Gasteiger partial charge in [-0.2, -0.15) is 0 Å². The first-order valence-corrected chi connectivity index (χ1v) is 7.59. The summed E-state index contributed by atoms with van der Waals surface area (Å²) in [7, 11) is 0. The van der Waals surface area contributed by atoms with E-state index < -0.39 is 0 Å². The number of hydrogen-bond acceptors (Lipinski definition) is 2. The number of furan rings is 1. The number of rotatable bonds is 5. The number of nitrogens with one attached hydrogen (secondary N) is 1. The summed E-state index contributed by atoms with van der Waals surface area (Å²) in [5, 5.41) is 3.73. The molecule has 0 amide bonds. The Balaban J connectivity index is 1.79. The van der Waals surface area contributed by atoms with E-state index in [1.807, 2.05) is 6.07 Å². The van der Waals surface area contributed by atoms with E-state index in [1.54, 1.807) is 6.26 Å². The molecule has 1 aliphatic carbocycles. The molecule has 0 bridgehead atoms. The van der Waals surface area contributed by atoms with Crippen LogP contribution in [0.4, 0.5) is 0 Å². The molecule has 2 nitrogen and oxygen atoms in total. The molecule has 0 spiro atoms. The molecule has 1 aromatic heterocycles. The standard InChI is InChI=1S/C16H27NO/c1-3-6-14-7-4-8-15(11-10-14)17-13(2)16-9-5-12-18-16/h5,9,12-15,17H,3-4,6-8,10-11H2,1-2H3/t13-,14?,15?/m0/s1. The van der Waals surface area contributed by atoms with Crippen molar-refractivity contribution in [2.24, 2.45) is 5.92 Å². The van der Waals surface area contributed by atoms with Crippen molar-refractivity contribution in [3.05, 3.63) is 24.2 Å². The average Bonchev–Trinajstić information content (AvgIpc) is 2.81. The van der Waals surface area contributed by atoms with Crippen LogP contribution in [-0.4, -0.2) is 6.04 Å². The molecular formula is C16H27NO. The summed E-state index contributed by atoms with van der Waals surface area (Å²) in [5.41, 5.74) is 0. The molecule has 1 heterocycles. The Hall–Kier alpha value is -0.760. The Morgan fingerprint density at radius 2 is 2.22 bits per heavy atom. The molecule has 0 aromatic carbocycles. The van der Waals surface area contributed by atoms with Crippen LogP contribution in [0, 0.1) is 5.92 Å². The van der Waals surface area contributed by atoms with Crippen LogP contribution in [0.5, 0.6) is 0 Å². The third-order valence-corrected chi connectivity index (χ3v) is 4.24. The van der Waals surface area contributed by atoms with Crippen molar-refractivity contribution in [1.82, 2.24) is 5.32 Å². The zero-order chi connectivity index (χ0) is 12.8. The third-order valence-electron chi connectivity index (χ3n) is 4.24. The Labute approximate surface area is 111 Å². The van der Waals surface area contributed by atoms with Crippen molar-refractivity contribution < 1.29 is 4.42 Å². The van der Waals surface area contributed by atoms with Crippen LogP contribution in [0.2, 0.25) is 0 Å². The fraction of sp³-hybridized carbons (Fsp3) is 0.750. The largest absolute Gasteiger partial charge is 0.468 e. The minimum Gasteiger partial charge on any atom is -0.468 e. The quantitative estimate of drug-likeness (QED) is 0.766. The van der Waals surface area contributed by atoms with Gasteiger partial charge in [-0.1, -0.05) is 32.6 Å². The minimum absolute atomic E-state index is 0.340. The van der Waals surface area contributed by atoms with E-state index in [-0.39, 0.29) is 0 Å². The first-order valence-electron chi connectivity index (χ1n) is 7.59. The van der Waals surface area contributed by atoms with Gasteiger partial charge >= 0.3 is 0 Å². The lowest BCUT2D eigenvalue weighted by atomic mass is 9.95.